The van der Waals surface area contributed by atoms with E-state index in [9.17, 15) is 12.8 Å². The van der Waals surface area contributed by atoms with Crippen molar-refractivity contribution in [2.75, 3.05) is 6.54 Å². The van der Waals surface area contributed by atoms with Crippen LogP contribution in [0.5, 0.6) is 0 Å². The summed E-state index contributed by atoms with van der Waals surface area (Å²) in [5.41, 5.74) is 0.475. The van der Waals surface area contributed by atoms with Gasteiger partial charge in [0.1, 0.15) is 10.7 Å². The zero-order valence-electron chi connectivity index (χ0n) is 10.4. The van der Waals surface area contributed by atoms with Crippen molar-refractivity contribution in [2.45, 2.75) is 11.3 Å². The average molecular weight is 359 g/mol. The topological polar surface area (TPSA) is 59.1 Å². The van der Waals surface area contributed by atoms with Crippen molar-refractivity contribution in [2.24, 2.45) is 0 Å². The summed E-state index contributed by atoms with van der Waals surface area (Å²) in [6.45, 7) is 0.121. The summed E-state index contributed by atoms with van der Waals surface area (Å²) in [6, 6.07) is 7.74. The number of rotatable bonds is 5. The SMILES string of the molecule is O=S(=O)(NCCc1ccccc1F)c1cncc(Br)c1. The van der Waals surface area contributed by atoms with Crippen LogP contribution in [0.1, 0.15) is 5.56 Å². The first-order valence-corrected chi connectivity index (χ1v) is 8.10. The van der Waals surface area contributed by atoms with Gasteiger partial charge in [-0.15, -0.1) is 0 Å². The second kappa shape index (κ2) is 6.43. The number of hydrogen-bond donors (Lipinski definition) is 1. The molecule has 1 N–H and O–H groups in total. The van der Waals surface area contributed by atoms with Crippen LogP contribution in [0.3, 0.4) is 0 Å². The van der Waals surface area contributed by atoms with E-state index in [2.05, 4.69) is 25.6 Å². The van der Waals surface area contributed by atoms with Crippen molar-refractivity contribution < 1.29 is 12.8 Å². The maximum atomic E-state index is 13.4. The third kappa shape index (κ3) is 3.84. The first-order valence-electron chi connectivity index (χ1n) is 5.83. The van der Waals surface area contributed by atoms with E-state index < -0.39 is 10.0 Å². The van der Waals surface area contributed by atoms with Crippen molar-refractivity contribution >= 4 is 26.0 Å². The Morgan fingerprint density at radius 2 is 2.00 bits per heavy atom. The molecule has 0 saturated carbocycles. The summed E-state index contributed by atoms with van der Waals surface area (Å²) in [5.74, 6) is -0.337. The van der Waals surface area contributed by atoms with Crippen LogP contribution in [0.4, 0.5) is 4.39 Å². The number of benzene rings is 1. The highest BCUT2D eigenvalue weighted by Gasteiger charge is 2.14. The van der Waals surface area contributed by atoms with Gasteiger partial charge in [-0.05, 0) is 40.0 Å². The van der Waals surface area contributed by atoms with Crippen LogP contribution in [-0.2, 0) is 16.4 Å². The molecule has 2 rings (SSSR count). The Balaban J connectivity index is 2.02. The van der Waals surface area contributed by atoms with E-state index in [0.29, 0.717) is 10.0 Å². The minimum Gasteiger partial charge on any atom is -0.262 e. The summed E-state index contributed by atoms with van der Waals surface area (Å²) < 4.78 is 40.4. The van der Waals surface area contributed by atoms with Crippen LogP contribution in [0.2, 0.25) is 0 Å². The summed E-state index contributed by atoms with van der Waals surface area (Å²) in [4.78, 5) is 3.87. The molecule has 0 bridgehead atoms. The smallest absolute Gasteiger partial charge is 0.242 e. The molecule has 0 aliphatic heterocycles. The third-order valence-corrected chi connectivity index (χ3v) is 4.50. The predicted molar refractivity (Wildman–Crippen MR) is 77.2 cm³/mol. The summed E-state index contributed by atoms with van der Waals surface area (Å²) in [7, 11) is -3.63. The second-order valence-corrected chi connectivity index (χ2v) is 6.76. The van der Waals surface area contributed by atoms with Crippen molar-refractivity contribution in [1.29, 1.82) is 0 Å². The molecule has 0 fully saturated rings. The van der Waals surface area contributed by atoms with Gasteiger partial charge in [0.05, 0.1) is 0 Å². The van der Waals surface area contributed by atoms with Gasteiger partial charge in [-0.1, -0.05) is 18.2 Å². The largest absolute Gasteiger partial charge is 0.262 e. The molecule has 0 radical (unpaired) electrons. The van der Waals surface area contributed by atoms with Gasteiger partial charge in [-0.25, -0.2) is 17.5 Å². The van der Waals surface area contributed by atoms with Crippen molar-refractivity contribution in [3.63, 3.8) is 0 Å². The van der Waals surface area contributed by atoms with Crippen molar-refractivity contribution in [3.05, 3.63) is 58.6 Å². The lowest BCUT2D eigenvalue weighted by molar-refractivity contribution is 0.577. The van der Waals surface area contributed by atoms with E-state index >= 15 is 0 Å². The zero-order valence-corrected chi connectivity index (χ0v) is 12.8. The molecule has 1 aromatic carbocycles. The Labute approximate surface area is 125 Å². The van der Waals surface area contributed by atoms with Crippen LogP contribution < -0.4 is 4.72 Å². The monoisotopic (exact) mass is 358 g/mol. The summed E-state index contributed by atoms with van der Waals surface area (Å²) in [5, 5.41) is 0. The lowest BCUT2D eigenvalue weighted by Gasteiger charge is -2.07. The number of nitrogens with one attached hydrogen (secondary N) is 1. The fraction of sp³-hybridized carbons (Fsp3) is 0.154. The van der Waals surface area contributed by atoms with E-state index in [1.54, 1.807) is 18.2 Å². The standard InChI is InChI=1S/C13H12BrFN2O2S/c14-11-7-12(9-16-8-11)20(18,19)17-6-5-10-3-1-2-4-13(10)15/h1-4,7-9,17H,5-6H2. The molecule has 0 aliphatic carbocycles. The van der Waals surface area contributed by atoms with Gasteiger partial charge >= 0.3 is 0 Å². The molecule has 1 heterocycles. The molecule has 0 spiro atoms. The molecule has 1 aromatic heterocycles. The number of aromatic nitrogens is 1. The summed E-state index contributed by atoms with van der Waals surface area (Å²) in [6.07, 6.45) is 3.04. The lowest BCUT2D eigenvalue weighted by atomic mass is 10.1. The van der Waals surface area contributed by atoms with Crippen LogP contribution >= 0.6 is 15.9 Å². The molecule has 4 nitrogen and oxygen atoms in total. The molecule has 2 aromatic rings. The molecule has 0 atom stereocenters. The Morgan fingerprint density at radius 1 is 1.25 bits per heavy atom. The Morgan fingerprint density at radius 3 is 2.70 bits per heavy atom. The van der Waals surface area contributed by atoms with Crippen LogP contribution in [0, 0.1) is 5.82 Å². The number of nitrogens with zero attached hydrogens (tertiary/aromatic N) is 1. The molecule has 0 aliphatic rings. The molecule has 0 amide bonds. The number of sulfonamides is 1. The number of halogens is 2. The Kier molecular flexibility index (Phi) is 4.85. The van der Waals surface area contributed by atoms with Crippen molar-refractivity contribution in [1.82, 2.24) is 9.71 Å². The van der Waals surface area contributed by atoms with Gasteiger partial charge in [0.15, 0.2) is 0 Å². The zero-order chi connectivity index (χ0) is 14.6. The molecule has 7 heteroatoms. The Bertz CT molecular complexity index is 707. The highest BCUT2D eigenvalue weighted by Crippen LogP contribution is 2.14. The number of pyridine rings is 1. The first kappa shape index (κ1) is 15.1. The Hall–Kier alpha value is -1.31. The molecule has 20 heavy (non-hydrogen) atoms. The fourth-order valence-electron chi connectivity index (χ4n) is 1.64. The van der Waals surface area contributed by atoms with E-state index in [1.807, 2.05) is 0 Å². The van der Waals surface area contributed by atoms with E-state index in [0.717, 1.165) is 0 Å². The molecular weight excluding hydrogens is 347 g/mol. The maximum absolute atomic E-state index is 13.4. The highest BCUT2D eigenvalue weighted by atomic mass is 79.9. The predicted octanol–water partition coefficient (Wildman–Crippen LogP) is 2.50. The summed E-state index contributed by atoms with van der Waals surface area (Å²) >= 11 is 3.16. The first-order chi connectivity index (χ1) is 9.49. The van der Waals surface area contributed by atoms with Gasteiger partial charge in [-0.3, -0.25) is 4.98 Å². The highest BCUT2D eigenvalue weighted by molar-refractivity contribution is 9.10. The minimum atomic E-state index is -3.63. The molecule has 0 saturated heterocycles. The molecule has 0 unspecified atom stereocenters. The number of hydrogen-bond acceptors (Lipinski definition) is 3. The van der Waals surface area contributed by atoms with E-state index in [-0.39, 0.29) is 23.7 Å². The van der Waals surface area contributed by atoms with Crippen LogP contribution in [0.25, 0.3) is 0 Å². The van der Waals surface area contributed by atoms with Crippen molar-refractivity contribution in [3.8, 4) is 0 Å². The third-order valence-electron chi connectivity index (χ3n) is 2.63. The second-order valence-electron chi connectivity index (χ2n) is 4.08. The van der Waals surface area contributed by atoms with Gasteiger partial charge in [0.2, 0.25) is 10.0 Å². The average Bonchev–Trinajstić information content (AvgIpc) is 2.41. The maximum Gasteiger partial charge on any atom is 0.242 e. The molecular formula is C13H12BrFN2O2S. The van der Waals surface area contributed by atoms with Gasteiger partial charge in [0, 0.05) is 23.4 Å². The van der Waals surface area contributed by atoms with E-state index in [4.69, 9.17) is 0 Å². The van der Waals surface area contributed by atoms with Gasteiger partial charge in [-0.2, -0.15) is 0 Å². The van der Waals surface area contributed by atoms with E-state index in [1.165, 1.54) is 24.5 Å². The van der Waals surface area contributed by atoms with Gasteiger partial charge in [0.25, 0.3) is 0 Å². The van der Waals surface area contributed by atoms with Crippen LogP contribution in [0.15, 0.2) is 52.1 Å². The van der Waals surface area contributed by atoms with Crippen LogP contribution in [-0.4, -0.2) is 19.9 Å². The quantitative estimate of drug-likeness (QED) is 0.893. The lowest BCUT2D eigenvalue weighted by Crippen LogP contribution is -2.26. The minimum absolute atomic E-state index is 0.0698. The molecule has 106 valence electrons. The fourth-order valence-corrected chi connectivity index (χ4v) is 3.18. The van der Waals surface area contributed by atoms with Gasteiger partial charge < -0.3 is 0 Å². The normalized spacial score (nSPS) is 11.5.